The van der Waals surface area contributed by atoms with Gasteiger partial charge in [-0.05, 0) is 68.1 Å². The predicted octanol–water partition coefficient (Wildman–Crippen LogP) is 4.90. The average Bonchev–Trinajstić information content (AvgIpc) is 3.62. The molecule has 4 aromatic rings. The Morgan fingerprint density at radius 1 is 1.00 bits per heavy atom. The fourth-order valence-corrected chi connectivity index (χ4v) is 5.43. The third-order valence-electron chi connectivity index (χ3n) is 7.68. The lowest BCUT2D eigenvalue weighted by molar-refractivity contribution is -0.127. The van der Waals surface area contributed by atoms with Crippen LogP contribution in [0, 0.1) is 13.8 Å². The van der Waals surface area contributed by atoms with Crippen LogP contribution in [0.15, 0.2) is 60.7 Å². The number of aromatic nitrogens is 3. The van der Waals surface area contributed by atoms with E-state index in [-0.39, 0.29) is 24.4 Å². The van der Waals surface area contributed by atoms with Gasteiger partial charge >= 0.3 is 0 Å². The maximum absolute atomic E-state index is 14.3. The minimum atomic E-state index is -1.02. The minimum Gasteiger partial charge on any atom is -0.493 e. The number of methoxy groups -OCH3 is 2. The highest BCUT2D eigenvalue weighted by Crippen LogP contribution is 2.39. The van der Waals surface area contributed by atoms with Crippen LogP contribution in [0.1, 0.15) is 48.4 Å². The molecule has 1 aliphatic carbocycles. The molecule has 1 N–H and O–H groups in total. The van der Waals surface area contributed by atoms with Crippen LogP contribution in [0.4, 0.5) is 5.69 Å². The Hall–Kier alpha value is -4.40. The Morgan fingerprint density at radius 3 is 2.50 bits per heavy atom. The van der Waals surface area contributed by atoms with E-state index in [0.717, 1.165) is 42.3 Å². The number of carbonyl (C=O) groups is 2. The molecule has 1 aliphatic rings. The number of fused-ring (bicyclic) bond motifs is 1. The largest absolute Gasteiger partial charge is 0.493 e. The number of carbonyl (C=O) groups excluding carboxylic acids is 2. The lowest BCUT2D eigenvalue weighted by Gasteiger charge is -2.33. The number of para-hydroxylation sites is 2. The molecule has 1 aromatic heterocycles. The van der Waals surface area contributed by atoms with Gasteiger partial charge in [-0.2, -0.15) is 0 Å². The number of benzene rings is 3. The number of anilines is 1. The van der Waals surface area contributed by atoms with Crippen LogP contribution in [0.3, 0.4) is 0 Å². The minimum absolute atomic E-state index is 0.0579. The molecule has 9 nitrogen and oxygen atoms in total. The first-order valence-corrected chi connectivity index (χ1v) is 13.6. The van der Waals surface area contributed by atoms with Crippen molar-refractivity contribution in [1.29, 1.82) is 0 Å². The summed E-state index contributed by atoms with van der Waals surface area (Å²) in [5, 5.41) is 11.7. The van der Waals surface area contributed by atoms with Crippen molar-refractivity contribution in [3.8, 4) is 11.5 Å². The molecule has 0 aliphatic heterocycles. The van der Waals surface area contributed by atoms with Crippen molar-refractivity contribution in [2.45, 2.75) is 58.2 Å². The van der Waals surface area contributed by atoms with Crippen molar-refractivity contribution in [2.75, 3.05) is 19.1 Å². The van der Waals surface area contributed by atoms with Crippen molar-refractivity contribution >= 4 is 28.5 Å². The van der Waals surface area contributed by atoms with Gasteiger partial charge in [0.15, 0.2) is 11.5 Å². The van der Waals surface area contributed by atoms with Crippen LogP contribution in [0.2, 0.25) is 0 Å². The summed E-state index contributed by atoms with van der Waals surface area (Å²) in [5.41, 5.74) is 4.67. The first kappa shape index (κ1) is 27.2. The quantitative estimate of drug-likeness (QED) is 0.324. The Morgan fingerprint density at radius 2 is 1.77 bits per heavy atom. The second kappa shape index (κ2) is 11.8. The van der Waals surface area contributed by atoms with Gasteiger partial charge in [0.25, 0.3) is 0 Å². The van der Waals surface area contributed by atoms with Gasteiger partial charge in [0.1, 0.15) is 18.1 Å². The Labute approximate surface area is 234 Å². The maximum atomic E-state index is 14.3. The molecule has 3 aromatic carbocycles. The van der Waals surface area contributed by atoms with Gasteiger partial charge < -0.3 is 14.8 Å². The van der Waals surface area contributed by atoms with E-state index in [1.807, 2.05) is 62.4 Å². The number of nitrogens with one attached hydrogen (secondary N) is 1. The molecule has 1 saturated carbocycles. The van der Waals surface area contributed by atoms with Crippen LogP contribution in [-0.2, 0) is 16.1 Å². The van der Waals surface area contributed by atoms with E-state index in [4.69, 9.17) is 9.47 Å². The molecule has 9 heteroatoms. The number of hydrogen-bond acceptors (Lipinski definition) is 6. The summed E-state index contributed by atoms with van der Waals surface area (Å²) < 4.78 is 12.9. The molecule has 1 atom stereocenters. The summed E-state index contributed by atoms with van der Waals surface area (Å²) in [6, 6.07) is 17.7. The Balaban J connectivity index is 1.65. The van der Waals surface area contributed by atoms with Crippen molar-refractivity contribution in [3.63, 3.8) is 0 Å². The number of nitrogens with zero attached hydrogens (tertiary/aromatic N) is 4. The number of ether oxygens (including phenoxy) is 2. The average molecular weight is 542 g/mol. The van der Waals surface area contributed by atoms with Crippen LogP contribution < -0.4 is 19.7 Å². The maximum Gasteiger partial charge on any atom is 0.249 e. The lowest BCUT2D eigenvalue weighted by atomic mass is 9.99. The third kappa shape index (κ3) is 5.36. The van der Waals surface area contributed by atoms with E-state index in [0.29, 0.717) is 28.3 Å². The molecular formula is C31H35N5O4. The molecule has 0 unspecified atom stereocenters. The summed E-state index contributed by atoms with van der Waals surface area (Å²) in [7, 11) is 3.09. The monoisotopic (exact) mass is 541 g/mol. The molecule has 5 rings (SSSR count). The molecule has 0 saturated heterocycles. The van der Waals surface area contributed by atoms with Crippen molar-refractivity contribution in [2.24, 2.45) is 0 Å². The van der Waals surface area contributed by atoms with Crippen LogP contribution in [-0.4, -0.2) is 47.1 Å². The fourth-order valence-electron chi connectivity index (χ4n) is 5.43. The summed E-state index contributed by atoms with van der Waals surface area (Å²) >= 11 is 0. The Bertz CT molecular complexity index is 1530. The van der Waals surface area contributed by atoms with Gasteiger partial charge in [-0.25, -0.2) is 4.68 Å². The van der Waals surface area contributed by atoms with E-state index in [2.05, 4.69) is 15.6 Å². The summed E-state index contributed by atoms with van der Waals surface area (Å²) in [5.74, 6) is 0.307. The van der Waals surface area contributed by atoms with Crippen molar-refractivity contribution in [1.82, 2.24) is 20.3 Å². The standard InChI is InChI=1S/C31H35N5O4/c1-20-16-17-23(18-21(20)2)36(28(37)19-35-26-14-8-7-13-25(26)33-34-35)29(31(38)32-22-10-5-6-11-22)24-12-9-15-27(39-3)30(24)40-4/h7-9,12-18,22,29H,5-6,10-11,19H2,1-4H3,(H,32,38)/t29-/m0/s1. The highest BCUT2D eigenvalue weighted by atomic mass is 16.5. The van der Waals surface area contributed by atoms with Gasteiger partial charge in [-0.15, -0.1) is 5.10 Å². The van der Waals surface area contributed by atoms with Crippen LogP contribution in [0.5, 0.6) is 11.5 Å². The first-order valence-electron chi connectivity index (χ1n) is 13.6. The SMILES string of the molecule is COc1cccc([C@@H](C(=O)NC2CCCC2)N(C(=O)Cn2nnc3ccccc32)c2ccc(C)c(C)c2)c1OC. The van der Waals surface area contributed by atoms with Crippen LogP contribution >= 0.6 is 0 Å². The fraction of sp³-hybridized carbons (Fsp3) is 0.355. The molecule has 1 fully saturated rings. The van der Waals surface area contributed by atoms with E-state index in [9.17, 15) is 9.59 Å². The van der Waals surface area contributed by atoms with Gasteiger partial charge in [0, 0.05) is 17.3 Å². The number of rotatable bonds is 9. The van der Waals surface area contributed by atoms with Gasteiger partial charge in [0.05, 0.1) is 19.7 Å². The Kier molecular flexibility index (Phi) is 8.00. The number of aryl methyl sites for hydroxylation is 2. The zero-order valence-electron chi connectivity index (χ0n) is 23.4. The van der Waals surface area contributed by atoms with Gasteiger partial charge in [0.2, 0.25) is 11.8 Å². The lowest BCUT2D eigenvalue weighted by Crippen LogP contribution is -2.47. The second-order valence-corrected chi connectivity index (χ2v) is 10.2. The molecule has 0 spiro atoms. The molecule has 1 heterocycles. The molecule has 0 radical (unpaired) electrons. The highest BCUT2D eigenvalue weighted by molar-refractivity contribution is 6.02. The third-order valence-corrected chi connectivity index (χ3v) is 7.68. The van der Waals surface area contributed by atoms with Gasteiger partial charge in [-0.1, -0.05) is 48.4 Å². The van der Waals surface area contributed by atoms with E-state index < -0.39 is 6.04 Å². The van der Waals surface area contributed by atoms with Crippen molar-refractivity contribution < 1.29 is 19.1 Å². The van der Waals surface area contributed by atoms with E-state index >= 15 is 0 Å². The molecule has 2 amide bonds. The molecule has 0 bridgehead atoms. The first-order chi connectivity index (χ1) is 19.4. The summed E-state index contributed by atoms with van der Waals surface area (Å²) in [6.07, 6.45) is 3.96. The molecular weight excluding hydrogens is 506 g/mol. The summed E-state index contributed by atoms with van der Waals surface area (Å²) in [6.45, 7) is 3.90. The number of amides is 2. The normalized spacial score (nSPS) is 14.2. The molecule has 40 heavy (non-hydrogen) atoms. The highest BCUT2D eigenvalue weighted by Gasteiger charge is 2.37. The van der Waals surface area contributed by atoms with Crippen molar-refractivity contribution in [3.05, 3.63) is 77.4 Å². The molecule has 208 valence electrons. The van der Waals surface area contributed by atoms with Crippen LogP contribution in [0.25, 0.3) is 11.0 Å². The number of hydrogen-bond donors (Lipinski definition) is 1. The van der Waals surface area contributed by atoms with Gasteiger partial charge in [-0.3, -0.25) is 14.5 Å². The van der Waals surface area contributed by atoms with E-state index in [1.54, 1.807) is 28.8 Å². The second-order valence-electron chi connectivity index (χ2n) is 10.2. The smallest absolute Gasteiger partial charge is 0.249 e. The topological polar surface area (TPSA) is 98.6 Å². The summed E-state index contributed by atoms with van der Waals surface area (Å²) in [4.78, 5) is 30.1. The van der Waals surface area contributed by atoms with E-state index in [1.165, 1.54) is 7.11 Å². The zero-order chi connectivity index (χ0) is 28.2. The predicted molar refractivity (Wildman–Crippen MR) is 154 cm³/mol. The zero-order valence-corrected chi connectivity index (χ0v) is 23.4.